The molecule has 1 rings (SSSR count). The van der Waals surface area contributed by atoms with Crippen LogP contribution in [0.25, 0.3) is 0 Å². The minimum absolute atomic E-state index is 0.626. The zero-order chi connectivity index (χ0) is 11.8. The molecule has 1 aromatic rings. The van der Waals surface area contributed by atoms with Crippen molar-refractivity contribution in [1.82, 2.24) is 5.32 Å². The molecule has 0 spiro atoms. The molecule has 0 aromatic heterocycles. The third-order valence-electron chi connectivity index (χ3n) is 2.89. The Morgan fingerprint density at radius 3 is 2.50 bits per heavy atom. The second-order valence-corrected chi connectivity index (χ2v) is 4.20. The van der Waals surface area contributed by atoms with E-state index in [0.29, 0.717) is 6.04 Å². The van der Waals surface area contributed by atoms with Crippen LogP contribution in [0.5, 0.6) is 5.75 Å². The van der Waals surface area contributed by atoms with Crippen molar-refractivity contribution in [3.05, 3.63) is 29.8 Å². The van der Waals surface area contributed by atoms with Crippen molar-refractivity contribution < 1.29 is 4.74 Å². The Kier molecular flexibility index (Phi) is 5.94. The molecule has 0 aliphatic rings. The molecule has 0 aliphatic heterocycles. The maximum absolute atomic E-state index is 5.67. The summed E-state index contributed by atoms with van der Waals surface area (Å²) in [5.41, 5.74) is 1.27. The van der Waals surface area contributed by atoms with Crippen molar-refractivity contribution in [1.29, 1.82) is 0 Å². The molecule has 16 heavy (non-hydrogen) atoms. The van der Waals surface area contributed by atoms with Gasteiger partial charge in [-0.15, -0.1) is 0 Å². The molecule has 0 fully saturated rings. The van der Waals surface area contributed by atoms with Gasteiger partial charge < -0.3 is 10.1 Å². The second-order valence-electron chi connectivity index (χ2n) is 4.20. The quantitative estimate of drug-likeness (QED) is 0.714. The van der Waals surface area contributed by atoms with Gasteiger partial charge in [-0.3, -0.25) is 0 Å². The van der Waals surface area contributed by atoms with Crippen LogP contribution in [0.1, 0.15) is 31.7 Å². The third kappa shape index (κ3) is 4.67. The number of hydrogen-bond acceptors (Lipinski definition) is 2. The van der Waals surface area contributed by atoms with E-state index in [4.69, 9.17) is 4.74 Å². The molecule has 90 valence electrons. The summed E-state index contributed by atoms with van der Waals surface area (Å²) >= 11 is 0. The molecular formula is C14H23NO. The number of hydrogen-bond donors (Lipinski definition) is 1. The summed E-state index contributed by atoms with van der Waals surface area (Å²) < 4.78 is 5.67. The average molecular weight is 221 g/mol. The third-order valence-corrected chi connectivity index (χ3v) is 2.89. The molecule has 0 aliphatic carbocycles. The fourth-order valence-electron chi connectivity index (χ4n) is 1.71. The Hall–Kier alpha value is -1.02. The smallest absolute Gasteiger partial charge is 0.119 e. The predicted molar refractivity (Wildman–Crippen MR) is 69.0 cm³/mol. The monoisotopic (exact) mass is 221 g/mol. The Balaban J connectivity index is 2.18. The van der Waals surface area contributed by atoms with Gasteiger partial charge in [0.1, 0.15) is 5.75 Å². The molecule has 0 bridgehead atoms. The van der Waals surface area contributed by atoms with Gasteiger partial charge in [-0.1, -0.05) is 24.6 Å². The van der Waals surface area contributed by atoms with Crippen molar-refractivity contribution in [3.63, 3.8) is 0 Å². The van der Waals surface area contributed by atoms with E-state index >= 15 is 0 Å². The normalized spacial score (nSPS) is 12.4. The Labute approximate surface area is 99.0 Å². The summed E-state index contributed by atoms with van der Waals surface area (Å²) in [7, 11) is 2.02. The van der Waals surface area contributed by atoms with Gasteiger partial charge in [-0.2, -0.15) is 0 Å². The Morgan fingerprint density at radius 1 is 1.25 bits per heavy atom. The van der Waals surface area contributed by atoms with Gasteiger partial charge in [0, 0.05) is 6.04 Å². The molecule has 1 N–H and O–H groups in total. The van der Waals surface area contributed by atoms with Gasteiger partial charge in [0.15, 0.2) is 0 Å². The molecule has 1 atom stereocenters. The van der Waals surface area contributed by atoms with Crippen molar-refractivity contribution in [2.24, 2.45) is 0 Å². The van der Waals surface area contributed by atoms with Crippen molar-refractivity contribution >= 4 is 0 Å². The zero-order valence-corrected chi connectivity index (χ0v) is 10.6. The fraction of sp³-hybridized carbons (Fsp3) is 0.571. The van der Waals surface area contributed by atoms with Crippen LogP contribution in [0, 0.1) is 6.92 Å². The number of rotatable bonds is 7. The van der Waals surface area contributed by atoms with E-state index in [2.05, 4.69) is 31.3 Å². The summed E-state index contributed by atoms with van der Waals surface area (Å²) in [6.45, 7) is 5.10. The highest BCUT2D eigenvalue weighted by atomic mass is 16.5. The lowest BCUT2D eigenvalue weighted by Crippen LogP contribution is -2.24. The summed E-state index contributed by atoms with van der Waals surface area (Å²) in [6.07, 6.45) is 3.47. The van der Waals surface area contributed by atoms with Crippen molar-refractivity contribution in [2.75, 3.05) is 13.7 Å². The van der Waals surface area contributed by atoms with Crippen LogP contribution in [0.2, 0.25) is 0 Å². The highest BCUT2D eigenvalue weighted by Crippen LogP contribution is 2.12. The van der Waals surface area contributed by atoms with Crippen molar-refractivity contribution in [2.45, 2.75) is 39.2 Å². The van der Waals surface area contributed by atoms with Gasteiger partial charge in [-0.25, -0.2) is 0 Å². The molecule has 0 radical (unpaired) electrons. The maximum atomic E-state index is 5.67. The van der Waals surface area contributed by atoms with Crippen LogP contribution >= 0.6 is 0 Å². The fourth-order valence-corrected chi connectivity index (χ4v) is 1.71. The summed E-state index contributed by atoms with van der Waals surface area (Å²) in [6, 6.07) is 8.85. The first kappa shape index (κ1) is 13.0. The Bertz CT molecular complexity index is 277. The predicted octanol–water partition coefficient (Wildman–Crippen LogP) is 3.15. The SMILES string of the molecule is CCC(CCCOc1ccc(C)cc1)NC. The van der Waals surface area contributed by atoms with Crippen LogP contribution in [-0.2, 0) is 0 Å². The molecule has 2 nitrogen and oxygen atoms in total. The van der Waals surface area contributed by atoms with Crippen LogP contribution in [0.15, 0.2) is 24.3 Å². The highest BCUT2D eigenvalue weighted by molar-refractivity contribution is 5.26. The first-order chi connectivity index (χ1) is 7.76. The lowest BCUT2D eigenvalue weighted by molar-refractivity contribution is 0.296. The van der Waals surface area contributed by atoms with Crippen LogP contribution in [0.3, 0.4) is 0 Å². The summed E-state index contributed by atoms with van der Waals surface area (Å²) in [5.74, 6) is 0.975. The topological polar surface area (TPSA) is 21.3 Å². The summed E-state index contributed by atoms with van der Waals surface area (Å²) in [5, 5.41) is 3.30. The minimum atomic E-state index is 0.626. The molecule has 0 saturated carbocycles. The maximum Gasteiger partial charge on any atom is 0.119 e. The largest absolute Gasteiger partial charge is 0.494 e. The van der Waals surface area contributed by atoms with Crippen LogP contribution in [-0.4, -0.2) is 19.7 Å². The van der Waals surface area contributed by atoms with Gasteiger partial charge in [0.05, 0.1) is 6.61 Å². The van der Waals surface area contributed by atoms with Crippen LogP contribution < -0.4 is 10.1 Å². The number of aryl methyl sites for hydroxylation is 1. The van der Waals surface area contributed by atoms with E-state index in [1.807, 2.05) is 19.2 Å². The Morgan fingerprint density at radius 2 is 1.94 bits per heavy atom. The van der Waals surface area contributed by atoms with E-state index in [-0.39, 0.29) is 0 Å². The van der Waals surface area contributed by atoms with E-state index in [1.165, 1.54) is 18.4 Å². The standard InChI is InChI=1S/C14H23NO/c1-4-13(15-3)6-5-11-16-14-9-7-12(2)8-10-14/h7-10,13,15H,4-6,11H2,1-3H3. The molecular weight excluding hydrogens is 198 g/mol. The molecule has 0 heterocycles. The zero-order valence-electron chi connectivity index (χ0n) is 10.6. The van der Waals surface area contributed by atoms with E-state index in [0.717, 1.165) is 18.8 Å². The van der Waals surface area contributed by atoms with Gasteiger partial charge in [0.2, 0.25) is 0 Å². The van der Waals surface area contributed by atoms with E-state index in [1.54, 1.807) is 0 Å². The average Bonchev–Trinajstić information content (AvgIpc) is 2.32. The number of ether oxygens (including phenoxy) is 1. The minimum Gasteiger partial charge on any atom is -0.494 e. The first-order valence-corrected chi connectivity index (χ1v) is 6.13. The second kappa shape index (κ2) is 7.29. The lowest BCUT2D eigenvalue weighted by Gasteiger charge is -2.13. The molecule has 2 heteroatoms. The van der Waals surface area contributed by atoms with Gasteiger partial charge in [-0.05, 0) is 45.4 Å². The molecule has 1 unspecified atom stereocenters. The highest BCUT2D eigenvalue weighted by Gasteiger charge is 2.02. The van der Waals surface area contributed by atoms with Gasteiger partial charge >= 0.3 is 0 Å². The van der Waals surface area contributed by atoms with Crippen LogP contribution in [0.4, 0.5) is 0 Å². The first-order valence-electron chi connectivity index (χ1n) is 6.13. The van der Waals surface area contributed by atoms with Crippen molar-refractivity contribution in [3.8, 4) is 5.75 Å². The van der Waals surface area contributed by atoms with Gasteiger partial charge in [0.25, 0.3) is 0 Å². The molecule has 0 saturated heterocycles. The number of benzene rings is 1. The van der Waals surface area contributed by atoms with E-state index < -0.39 is 0 Å². The number of nitrogens with one attached hydrogen (secondary N) is 1. The molecule has 1 aromatic carbocycles. The van der Waals surface area contributed by atoms with E-state index in [9.17, 15) is 0 Å². The summed E-state index contributed by atoms with van der Waals surface area (Å²) in [4.78, 5) is 0. The molecule has 0 amide bonds. The lowest BCUT2D eigenvalue weighted by atomic mass is 10.1.